The molecule has 0 aliphatic carbocycles. The molecular weight excluding hydrogens is 256 g/mol. The van der Waals surface area contributed by atoms with Gasteiger partial charge in [-0.3, -0.25) is 0 Å². The number of aromatic nitrogens is 1. The van der Waals surface area contributed by atoms with E-state index in [-0.39, 0.29) is 6.03 Å². The predicted molar refractivity (Wildman–Crippen MR) is 76.5 cm³/mol. The fourth-order valence-electron chi connectivity index (χ4n) is 2.50. The van der Waals surface area contributed by atoms with E-state index in [1.165, 1.54) is 19.3 Å². The molecular formula is C14H24N4O2. The van der Waals surface area contributed by atoms with E-state index in [2.05, 4.69) is 20.7 Å². The third-order valence-corrected chi connectivity index (χ3v) is 3.77. The lowest BCUT2D eigenvalue weighted by molar-refractivity contribution is 0.220. The number of carbonyl (C=O) groups is 1. The van der Waals surface area contributed by atoms with Crippen LogP contribution in [0.2, 0.25) is 0 Å². The molecule has 1 aromatic heterocycles. The quantitative estimate of drug-likeness (QED) is 0.859. The Kier molecular flexibility index (Phi) is 5.40. The van der Waals surface area contributed by atoms with E-state index in [4.69, 9.17) is 4.52 Å². The van der Waals surface area contributed by atoms with Crippen molar-refractivity contribution in [2.24, 2.45) is 0 Å². The summed E-state index contributed by atoms with van der Waals surface area (Å²) >= 11 is 0. The molecule has 112 valence electrons. The van der Waals surface area contributed by atoms with E-state index in [9.17, 15) is 4.79 Å². The van der Waals surface area contributed by atoms with E-state index in [1.54, 1.807) is 0 Å². The van der Waals surface area contributed by atoms with Crippen LogP contribution in [0.3, 0.4) is 0 Å². The average molecular weight is 280 g/mol. The van der Waals surface area contributed by atoms with Crippen LogP contribution in [-0.2, 0) is 6.54 Å². The van der Waals surface area contributed by atoms with E-state index in [1.807, 2.05) is 13.8 Å². The van der Waals surface area contributed by atoms with Gasteiger partial charge in [0.15, 0.2) is 0 Å². The summed E-state index contributed by atoms with van der Waals surface area (Å²) in [5.74, 6) is 0.760. The van der Waals surface area contributed by atoms with Gasteiger partial charge in [-0.05, 0) is 39.8 Å². The summed E-state index contributed by atoms with van der Waals surface area (Å²) < 4.78 is 5.06. The fourth-order valence-corrected chi connectivity index (χ4v) is 2.50. The second kappa shape index (κ2) is 7.28. The van der Waals surface area contributed by atoms with Crippen LogP contribution in [0.1, 0.15) is 36.3 Å². The van der Waals surface area contributed by atoms with Gasteiger partial charge in [0, 0.05) is 25.2 Å². The highest BCUT2D eigenvalue weighted by atomic mass is 16.5. The highest BCUT2D eigenvalue weighted by Gasteiger charge is 2.11. The number of aryl methyl sites for hydroxylation is 2. The Hall–Kier alpha value is -1.56. The molecule has 0 spiro atoms. The zero-order chi connectivity index (χ0) is 14.4. The summed E-state index contributed by atoms with van der Waals surface area (Å²) in [5.41, 5.74) is 1.78. The van der Waals surface area contributed by atoms with E-state index in [0.29, 0.717) is 13.1 Å². The Morgan fingerprint density at radius 3 is 2.65 bits per heavy atom. The molecule has 2 heterocycles. The van der Waals surface area contributed by atoms with Crippen molar-refractivity contribution < 1.29 is 9.32 Å². The van der Waals surface area contributed by atoms with Crippen molar-refractivity contribution in [3.05, 3.63) is 17.0 Å². The molecule has 1 aliphatic rings. The van der Waals surface area contributed by atoms with Crippen LogP contribution < -0.4 is 10.6 Å². The van der Waals surface area contributed by atoms with Crippen LogP contribution in [0.25, 0.3) is 0 Å². The molecule has 1 saturated heterocycles. The minimum absolute atomic E-state index is 0.137. The van der Waals surface area contributed by atoms with Crippen molar-refractivity contribution in [2.45, 2.75) is 39.7 Å². The average Bonchev–Trinajstić information content (AvgIpc) is 2.77. The van der Waals surface area contributed by atoms with Gasteiger partial charge in [0.2, 0.25) is 0 Å². The maximum atomic E-state index is 11.7. The van der Waals surface area contributed by atoms with E-state index in [0.717, 1.165) is 36.7 Å². The number of piperidine rings is 1. The summed E-state index contributed by atoms with van der Waals surface area (Å²) in [7, 11) is 0. The number of likely N-dealkylation sites (tertiary alicyclic amines) is 1. The molecule has 1 fully saturated rings. The van der Waals surface area contributed by atoms with Gasteiger partial charge < -0.3 is 20.1 Å². The first-order valence-electron chi connectivity index (χ1n) is 7.32. The number of nitrogens with zero attached hydrogens (tertiary/aromatic N) is 2. The largest absolute Gasteiger partial charge is 0.361 e. The Morgan fingerprint density at radius 1 is 1.25 bits per heavy atom. The highest BCUT2D eigenvalue weighted by molar-refractivity contribution is 5.73. The molecule has 0 aromatic carbocycles. The summed E-state index contributed by atoms with van der Waals surface area (Å²) in [4.78, 5) is 14.1. The van der Waals surface area contributed by atoms with Crippen LogP contribution in [0.5, 0.6) is 0 Å². The van der Waals surface area contributed by atoms with Crippen LogP contribution in [0.15, 0.2) is 4.52 Å². The molecule has 6 heteroatoms. The molecule has 6 nitrogen and oxygen atoms in total. The van der Waals surface area contributed by atoms with Gasteiger partial charge in [-0.2, -0.15) is 0 Å². The first-order valence-corrected chi connectivity index (χ1v) is 7.32. The van der Waals surface area contributed by atoms with Crippen LogP contribution in [-0.4, -0.2) is 42.3 Å². The van der Waals surface area contributed by atoms with Gasteiger partial charge in [-0.25, -0.2) is 4.79 Å². The summed E-state index contributed by atoms with van der Waals surface area (Å²) in [5, 5.41) is 9.59. The van der Waals surface area contributed by atoms with E-state index < -0.39 is 0 Å². The molecule has 2 amide bonds. The number of nitrogens with one attached hydrogen (secondary N) is 2. The summed E-state index contributed by atoms with van der Waals surface area (Å²) in [6.07, 6.45) is 3.89. The number of urea groups is 1. The van der Waals surface area contributed by atoms with Gasteiger partial charge in [0.25, 0.3) is 0 Å². The lowest BCUT2D eigenvalue weighted by Gasteiger charge is -2.26. The maximum Gasteiger partial charge on any atom is 0.315 e. The van der Waals surface area contributed by atoms with Crippen molar-refractivity contribution in [3.8, 4) is 0 Å². The molecule has 2 N–H and O–H groups in total. The summed E-state index contributed by atoms with van der Waals surface area (Å²) in [6, 6.07) is -0.137. The van der Waals surface area contributed by atoms with Crippen LogP contribution >= 0.6 is 0 Å². The number of hydrogen-bond donors (Lipinski definition) is 2. The molecule has 0 unspecified atom stereocenters. The normalized spacial score (nSPS) is 16.1. The van der Waals surface area contributed by atoms with Gasteiger partial charge in [-0.1, -0.05) is 11.6 Å². The molecule has 20 heavy (non-hydrogen) atoms. The first kappa shape index (κ1) is 14.8. The van der Waals surface area contributed by atoms with E-state index >= 15 is 0 Å². The number of hydrogen-bond acceptors (Lipinski definition) is 4. The first-order chi connectivity index (χ1) is 9.66. The van der Waals surface area contributed by atoms with Crippen molar-refractivity contribution in [3.63, 3.8) is 0 Å². The predicted octanol–water partition coefficient (Wildman–Crippen LogP) is 1.58. The highest BCUT2D eigenvalue weighted by Crippen LogP contribution is 2.11. The number of carbonyl (C=O) groups excluding carboxylic acids is 1. The molecule has 2 rings (SSSR count). The number of rotatable bonds is 5. The smallest absolute Gasteiger partial charge is 0.315 e. The molecule has 0 bridgehead atoms. The molecule has 1 aliphatic heterocycles. The Labute approximate surface area is 119 Å². The summed E-state index contributed by atoms with van der Waals surface area (Å²) in [6.45, 7) is 8.11. The van der Waals surface area contributed by atoms with Crippen molar-refractivity contribution in [1.29, 1.82) is 0 Å². The molecule has 0 atom stereocenters. The third kappa shape index (κ3) is 4.23. The zero-order valence-electron chi connectivity index (χ0n) is 12.4. The lowest BCUT2D eigenvalue weighted by Crippen LogP contribution is -2.41. The molecule has 0 radical (unpaired) electrons. The Balaban J connectivity index is 1.63. The van der Waals surface area contributed by atoms with Gasteiger partial charge >= 0.3 is 6.03 Å². The van der Waals surface area contributed by atoms with Crippen LogP contribution in [0, 0.1) is 13.8 Å². The van der Waals surface area contributed by atoms with Crippen molar-refractivity contribution in [1.82, 2.24) is 20.7 Å². The monoisotopic (exact) mass is 280 g/mol. The standard InChI is InChI=1S/C14H24N4O2/c1-11-13(12(2)20-17-11)10-16-14(19)15-6-9-18-7-4-3-5-8-18/h3-10H2,1-2H3,(H2,15,16,19). The minimum Gasteiger partial charge on any atom is -0.361 e. The lowest BCUT2D eigenvalue weighted by atomic mass is 10.1. The minimum atomic E-state index is -0.137. The second-order valence-corrected chi connectivity index (χ2v) is 5.31. The second-order valence-electron chi connectivity index (χ2n) is 5.31. The van der Waals surface area contributed by atoms with Gasteiger partial charge in [-0.15, -0.1) is 0 Å². The molecule has 0 saturated carbocycles. The maximum absolute atomic E-state index is 11.7. The van der Waals surface area contributed by atoms with Crippen molar-refractivity contribution >= 4 is 6.03 Å². The van der Waals surface area contributed by atoms with Gasteiger partial charge in [0.1, 0.15) is 5.76 Å². The van der Waals surface area contributed by atoms with Crippen LogP contribution in [0.4, 0.5) is 4.79 Å². The zero-order valence-corrected chi connectivity index (χ0v) is 12.4. The number of amides is 2. The van der Waals surface area contributed by atoms with Crippen molar-refractivity contribution in [2.75, 3.05) is 26.2 Å². The third-order valence-electron chi connectivity index (χ3n) is 3.77. The Bertz CT molecular complexity index is 419. The molecule has 1 aromatic rings. The van der Waals surface area contributed by atoms with Gasteiger partial charge in [0.05, 0.1) is 5.69 Å². The topological polar surface area (TPSA) is 70.4 Å². The SMILES string of the molecule is Cc1noc(C)c1CNC(=O)NCCN1CCCCC1. The fraction of sp³-hybridized carbons (Fsp3) is 0.714. The Morgan fingerprint density at radius 2 is 2.00 bits per heavy atom.